The molecule has 0 aromatic heterocycles. The van der Waals surface area contributed by atoms with Crippen LogP contribution < -0.4 is 9.47 Å². The van der Waals surface area contributed by atoms with Gasteiger partial charge in [-0.25, -0.2) is 9.79 Å². The summed E-state index contributed by atoms with van der Waals surface area (Å²) in [5, 5.41) is 0. The van der Waals surface area contributed by atoms with E-state index < -0.39 is 0 Å². The minimum atomic E-state index is 0.271. The molecule has 1 rings (SSSR count). The predicted octanol–water partition coefficient (Wildman–Crippen LogP) is 2.10. The number of aliphatic imine (C=N–C) groups is 1. The van der Waals surface area contributed by atoms with E-state index in [0.29, 0.717) is 0 Å². The lowest BCUT2D eigenvalue weighted by Crippen LogP contribution is -2.00. The fourth-order valence-corrected chi connectivity index (χ4v) is 1.70. The van der Waals surface area contributed by atoms with Gasteiger partial charge >= 0.3 is 0 Å². The summed E-state index contributed by atoms with van der Waals surface area (Å²) >= 11 is 0. The monoisotopic (exact) mass is 221 g/mol. The number of isocyanates is 1. The Bertz CT molecular complexity index is 409. The third kappa shape index (κ3) is 2.41. The Hall–Kier alpha value is -1.80. The smallest absolute Gasteiger partial charge is 0.235 e. The lowest BCUT2D eigenvalue weighted by atomic mass is 10.0. The Morgan fingerprint density at radius 2 is 1.75 bits per heavy atom. The van der Waals surface area contributed by atoms with E-state index in [4.69, 9.17) is 9.47 Å². The largest absolute Gasteiger partial charge is 0.496 e. The Morgan fingerprint density at radius 3 is 2.19 bits per heavy atom. The number of hydrogen-bond donors (Lipinski definition) is 0. The van der Waals surface area contributed by atoms with E-state index in [-0.39, 0.29) is 6.54 Å². The van der Waals surface area contributed by atoms with Crippen molar-refractivity contribution in [1.82, 2.24) is 0 Å². The zero-order valence-corrected chi connectivity index (χ0v) is 9.74. The maximum Gasteiger partial charge on any atom is 0.235 e. The SMILES string of the molecule is CCc1c(OC)ccc(OC)c1CN=C=O. The first kappa shape index (κ1) is 12.3. The molecule has 0 saturated heterocycles. The van der Waals surface area contributed by atoms with Crippen molar-refractivity contribution < 1.29 is 14.3 Å². The highest BCUT2D eigenvalue weighted by atomic mass is 16.5. The van der Waals surface area contributed by atoms with E-state index in [1.807, 2.05) is 19.1 Å². The fourth-order valence-electron chi connectivity index (χ4n) is 1.70. The normalized spacial score (nSPS) is 9.44. The van der Waals surface area contributed by atoms with Crippen molar-refractivity contribution in [1.29, 1.82) is 0 Å². The second kappa shape index (κ2) is 5.93. The summed E-state index contributed by atoms with van der Waals surface area (Å²) in [5.74, 6) is 1.51. The molecule has 0 saturated carbocycles. The summed E-state index contributed by atoms with van der Waals surface area (Å²) in [6.45, 7) is 2.29. The molecule has 0 aliphatic rings. The molecule has 0 unspecified atom stereocenters. The van der Waals surface area contributed by atoms with Crippen molar-refractivity contribution >= 4 is 6.08 Å². The summed E-state index contributed by atoms with van der Waals surface area (Å²) in [5.41, 5.74) is 1.90. The number of nitrogens with zero attached hydrogens (tertiary/aromatic N) is 1. The lowest BCUT2D eigenvalue weighted by Gasteiger charge is -2.14. The highest BCUT2D eigenvalue weighted by molar-refractivity contribution is 5.49. The summed E-state index contributed by atoms with van der Waals surface area (Å²) in [6.07, 6.45) is 2.33. The van der Waals surface area contributed by atoms with Gasteiger partial charge in [0.25, 0.3) is 0 Å². The molecule has 4 nitrogen and oxygen atoms in total. The fraction of sp³-hybridized carbons (Fsp3) is 0.417. The van der Waals surface area contributed by atoms with Gasteiger partial charge in [0.15, 0.2) is 0 Å². The second-order valence-corrected chi connectivity index (χ2v) is 3.19. The number of ether oxygens (including phenoxy) is 2. The lowest BCUT2D eigenvalue weighted by molar-refractivity contribution is 0.395. The number of carbonyl (C=O) groups excluding carboxylic acids is 1. The molecular formula is C12H15NO3. The molecule has 0 radical (unpaired) electrons. The molecule has 86 valence electrons. The second-order valence-electron chi connectivity index (χ2n) is 3.19. The average molecular weight is 221 g/mol. The van der Waals surface area contributed by atoms with E-state index in [1.165, 1.54) is 6.08 Å². The van der Waals surface area contributed by atoms with Crippen LogP contribution in [0.2, 0.25) is 0 Å². The molecule has 1 aromatic rings. The quantitative estimate of drug-likeness (QED) is 0.565. The van der Waals surface area contributed by atoms with Crippen molar-refractivity contribution in [2.24, 2.45) is 4.99 Å². The Balaban J connectivity index is 3.29. The van der Waals surface area contributed by atoms with Crippen molar-refractivity contribution in [2.75, 3.05) is 14.2 Å². The molecule has 0 amide bonds. The Kier molecular flexibility index (Phi) is 4.55. The summed E-state index contributed by atoms with van der Waals surface area (Å²) in [7, 11) is 3.21. The highest BCUT2D eigenvalue weighted by Crippen LogP contribution is 2.31. The number of methoxy groups -OCH3 is 2. The van der Waals surface area contributed by atoms with E-state index in [2.05, 4.69) is 4.99 Å². The van der Waals surface area contributed by atoms with Crippen molar-refractivity contribution in [3.05, 3.63) is 23.3 Å². The minimum Gasteiger partial charge on any atom is -0.496 e. The van der Waals surface area contributed by atoms with Crippen molar-refractivity contribution in [3.8, 4) is 11.5 Å². The van der Waals surface area contributed by atoms with Gasteiger partial charge in [-0.3, -0.25) is 0 Å². The van der Waals surface area contributed by atoms with Crippen LogP contribution in [0.3, 0.4) is 0 Å². The van der Waals surface area contributed by atoms with Gasteiger partial charge in [-0.2, -0.15) is 0 Å². The first-order valence-corrected chi connectivity index (χ1v) is 5.04. The van der Waals surface area contributed by atoms with Crippen LogP contribution in [0.5, 0.6) is 11.5 Å². The Morgan fingerprint density at radius 1 is 1.19 bits per heavy atom. The standard InChI is InChI=1S/C12H15NO3/c1-4-9-10(7-13-8-14)12(16-3)6-5-11(9)15-2/h5-6H,4,7H2,1-3H3. The van der Waals surface area contributed by atoms with Gasteiger partial charge in [0.2, 0.25) is 6.08 Å². The molecule has 0 atom stereocenters. The third-order valence-electron chi connectivity index (χ3n) is 2.44. The van der Waals surface area contributed by atoms with Crippen LogP contribution in [0.4, 0.5) is 0 Å². The zero-order valence-electron chi connectivity index (χ0n) is 9.74. The number of benzene rings is 1. The summed E-state index contributed by atoms with van der Waals surface area (Å²) < 4.78 is 10.5. The molecule has 0 aliphatic heterocycles. The number of rotatable bonds is 5. The van der Waals surface area contributed by atoms with Crippen LogP contribution >= 0.6 is 0 Å². The van der Waals surface area contributed by atoms with Gasteiger partial charge in [0.1, 0.15) is 11.5 Å². The molecule has 0 heterocycles. The van der Waals surface area contributed by atoms with Gasteiger partial charge in [-0.05, 0) is 18.6 Å². The minimum absolute atomic E-state index is 0.271. The Labute approximate surface area is 94.9 Å². The van der Waals surface area contributed by atoms with Gasteiger partial charge in [0.05, 0.1) is 20.8 Å². The molecule has 0 N–H and O–H groups in total. The van der Waals surface area contributed by atoms with Gasteiger partial charge in [-0.1, -0.05) is 6.92 Å². The van der Waals surface area contributed by atoms with Crippen LogP contribution in [-0.4, -0.2) is 20.3 Å². The molecule has 0 bridgehead atoms. The van der Waals surface area contributed by atoms with Crippen LogP contribution in [0.25, 0.3) is 0 Å². The summed E-state index contributed by atoms with van der Waals surface area (Å²) in [6, 6.07) is 3.67. The van der Waals surface area contributed by atoms with Crippen molar-refractivity contribution in [3.63, 3.8) is 0 Å². The van der Waals surface area contributed by atoms with E-state index in [0.717, 1.165) is 29.0 Å². The maximum absolute atomic E-state index is 10.2. The van der Waals surface area contributed by atoms with Gasteiger partial charge < -0.3 is 9.47 Å². The molecule has 0 fully saturated rings. The van der Waals surface area contributed by atoms with E-state index >= 15 is 0 Å². The van der Waals surface area contributed by atoms with Gasteiger partial charge in [0, 0.05) is 11.1 Å². The molecule has 0 aliphatic carbocycles. The van der Waals surface area contributed by atoms with E-state index in [9.17, 15) is 4.79 Å². The molecule has 1 aromatic carbocycles. The van der Waals surface area contributed by atoms with Gasteiger partial charge in [-0.15, -0.1) is 0 Å². The first-order valence-electron chi connectivity index (χ1n) is 5.04. The van der Waals surface area contributed by atoms with Crippen LogP contribution in [0.15, 0.2) is 17.1 Å². The van der Waals surface area contributed by atoms with Crippen LogP contribution in [0, 0.1) is 0 Å². The van der Waals surface area contributed by atoms with Crippen LogP contribution in [-0.2, 0) is 17.8 Å². The number of hydrogen-bond acceptors (Lipinski definition) is 4. The maximum atomic E-state index is 10.2. The topological polar surface area (TPSA) is 47.9 Å². The first-order chi connectivity index (χ1) is 7.78. The van der Waals surface area contributed by atoms with Crippen LogP contribution in [0.1, 0.15) is 18.1 Å². The molecule has 0 spiro atoms. The predicted molar refractivity (Wildman–Crippen MR) is 60.7 cm³/mol. The molecular weight excluding hydrogens is 206 g/mol. The molecule has 4 heteroatoms. The van der Waals surface area contributed by atoms with E-state index in [1.54, 1.807) is 14.2 Å². The zero-order chi connectivity index (χ0) is 12.0. The summed E-state index contributed by atoms with van der Waals surface area (Å²) in [4.78, 5) is 13.8. The molecule has 16 heavy (non-hydrogen) atoms. The third-order valence-corrected chi connectivity index (χ3v) is 2.44. The average Bonchev–Trinajstić information content (AvgIpc) is 2.34. The van der Waals surface area contributed by atoms with Crippen molar-refractivity contribution in [2.45, 2.75) is 19.9 Å². The highest BCUT2D eigenvalue weighted by Gasteiger charge is 2.12.